The maximum atomic E-state index is 3.62. The Bertz CT molecular complexity index is 399. The smallest absolute Gasteiger partial charge is 0.0378 e. The Hall–Kier alpha value is -0.500. The number of benzene rings is 1. The molecule has 2 aliphatic rings. The number of hydrogen-bond donors (Lipinski definition) is 0. The van der Waals surface area contributed by atoms with Crippen molar-refractivity contribution in [2.24, 2.45) is 5.41 Å². The fourth-order valence-electron chi connectivity index (χ4n) is 3.17. The highest BCUT2D eigenvalue weighted by Crippen LogP contribution is 2.47. The maximum Gasteiger partial charge on any atom is 0.0378 e. The van der Waals surface area contributed by atoms with Crippen molar-refractivity contribution in [2.45, 2.75) is 32.6 Å². The van der Waals surface area contributed by atoms with E-state index in [4.69, 9.17) is 0 Å². The third-order valence-corrected chi connectivity index (χ3v) is 5.09. The minimum Gasteiger partial charge on any atom is -0.370 e. The van der Waals surface area contributed by atoms with Gasteiger partial charge in [-0.1, -0.05) is 34.8 Å². The van der Waals surface area contributed by atoms with Gasteiger partial charge in [-0.15, -0.1) is 0 Å². The van der Waals surface area contributed by atoms with E-state index >= 15 is 0 Å². The van der Waals surface area contributed by atoms with Crippen LogP contribution in [0.2, 0.25) is 0 Å². The van der Waals surface area contributed by atoms with Gasteiger partial charge >= 0.3 is 0 Å². The van der Waals surface area contributed by atoms with Gasteiger partial charge < -0.3 is 4.90 Å². The van der Waals surface area contributed by atoms with Crippen LogP contribution in [0.15, 0.2) is 22.7 Å². The van der Waals surface area contributed by atoms with Crippen LogP contribution in [0, 0.1) is 12.3 Å². The molecule has 1 aromatic rings. The highest BCUT2D eigenvalue weighted by atomic mass is 79.9. The first-order valence-corrected chi connectivity index (χ1v) is 6.99. The van der Waals surface area contributed by atoms with Crippen LogP contribution in [-0.2, 0) is 0 Å². The topological polar surface area (TPSA) is 3.24 Å². The van der Waals surface area contributed by atoms with Gasteiger partial charge in [-0.2, -0.15) is 0 Å². The molecule has 1 spiro atoms. The minimum absolute atomic E-state index is 0.692. The number of aryl methyl sites for hydroxylation is 1. The van der Waals surface area contributed by atoms with Gasteiger partial charge in [0.1, 0.15) is 0 Å². The van der Waals surface area contributed by atoms with Crippen LogP contribution in [0.1, 0.15) is 31.2 Å². The van der Waals surface area contributed by atoms with Gasteiger partial charge in [0.05, 0.1) is 0 Å². The number of hydrogen-bond acceptors (Lipinski definition) is 1. The van der Waals surface area contributed by atoms with Crippen molar-refractivity contribution < 1.29 is 0 Å². The lowest BCUT2D eigenvalue weighted by Crippen LogP contribution is -2.55. The Kier molecular flexibility index (Phi) is 2.50. The number of anilines is 1. The summed E-state index contributed by atoms with van der Waals surface area (Å²) in [6, 6.07) is 6.72. The Morgan fingerprint density at radius 2 is 1.88 bits per heavy atom. The van der Waals surface area contributed by atoms with Crippen molar-refractivity contribution >= 4 is 21.6 Å². The molecule has 1 saturated heterocycles. The molecule has 2 fully saturated rings. The molecule has 1 aliphatic carbocycles. The van der Waals surface area contributed by atoms with Gasteiger partial charge in [0.2, 0.25) is 0 Å². The van der Waals surface area contributed by atoms with Crippen molar-refractivity contribution in [3.63, 3.8) is 0 Å². The quantitative estimate of drug-likeness (QED) is 0.747. The van der Waals surface area contributed by atoms with Crippen LogP contribution < -0.4 is 4.90 Å². The molecule has 86 valence electrons. The molecule has 16 heavy (non-hydrogen) atoms. The first-order chi connectivity index (χ1) is 7.69. The van der Waals surface area contributed by atoms with Crippen LogP contribution in [0.3, 0.4) is 0 Å². The summed E-state index contributed by atoms with van der Waals surface area (Å²) in [6.45, 7) is 4.70. The molecule has 1 saturated carbocycles. The molecule has 1 aliphatic heterocycles. The molecule has 3 rings (SSSR count). The van der Waals surface area contributed by atoms with Gasteiger partial charge in [0.15, 0.2) is 0 Å². The Morgan fingerprint density at radius 1 is 1.19 bits per heavy atom. The monoisotopic (exact) mass is 279 g/mol. The van der Waals surface area contributed by atoms with E-state index in [-0.39, 0.29) is 0 Å². The molecule has 0 radical (unpaired) electrons. The van der Waals surface area contributed by atoms with Crippen LogP contribution in [0.25, 0.3) is 0 Å². The Balaban J connectivity index is 1.73. The molecule has 0 N–H and O–H groups in total. The third kappa shape index (κ3) is 1.67. The van der Waals surface area contributed by atoms with E-state index in [1.807, 2.05) is 0 Å². The zero-order valence-corrected chi connectivity index (χ0v) is 11.4. The van der Waals surface area contributed by atoms with E-state index < -0.39 is 0 Å². The maximum absolute atomic E-state index is 3.62. The summed E-state index contributed by atoms with van der Waals surface area (Å²) in [6.07, 6.45) is 5.81. The van der Waals surface area contributed by atoms with E-state index in [0.717, 1.165) is 0 Å². The predicted molar refractivity (Wildman–Crippen MR) is 72.0 cm³/mol. The van der Waals surface area contributed by atoms with Crippen LogP contribution in [0.5, 0.6) is 0 Å². The molecular weight excluding hydrogens is 262 g/mol. The van der Waals surface area contributed by atoms with Crippen molar-refractivity contribution in [3.05, 3.63) is 28.2 Å². The second kappa shape index (κ2) is 3.76. The Morgan fingerprint density at radius 3 is 2.50 bits per heavy atom. The Labute approximate surface area is 106 Å². The number of rotatable bonds is 1. The molecular formula is C14H18BrN. The van der Waals surface area contributed by atoms with Crippen LogP contribution in [-0.4, -0.2) is 13.1 Å². The SMILES string of the molecule is Cc1ccc(N2CC3(CCCC3)C2)cc1Br. The lowest BCUT2D eigenvalue weighted by atomic mass is 9.78. The molecule has 0 atom stereocenters. The third-order valence-electron chi connectivity index (χ3n) is 4.24. The van der Waals surface area contributed by atoms with E-state index in [9.17, 15) is 0 Å². The highest BCUT2D eigenvalue weighted by Gasteiger charge is 2.44. The van der Waals surface area contributed by atoms with Crippen molar-refractivity contribution in [2.75, 3.05) is 18.0 Å². The second-order valence-electron chi connectivity index (χ2n) is 5.50. The molecule has 0 amide bonds. The van der Waals surface area contributed by atoms with Gasteiger partial charge in [0.25, 0.3) is 0 Å². The zero-order valence-electron chi connectivity index (χ0n) is 9.80. The fourth-order valence-corrected chi connectivity index (χ4v) is 3.53. The minimum atomic E-state index is 0.692. The molecule has 0 bridgehead atoms. The normalized spacial score (nSPS) is 22.5. The molecule has 1 heterocycles. The summed E-state index contributed by atoms with van der Waals surface area (Å²) in [5.41, 5.74) is 3.40. The van der Waals surface area contributed by atoms with E-state index in [0.29, 0.717) is 5.41 Å². The molecule has 2 heteroatoms. The summed E-state index contributed by atoms with van der Waals surface area (Å²) in [5, 5.41) is 0. The lowest BCUT2D eigenvalue weighted by molar-refractivity contribution is 0.222. The predicted octanol–water partition coefficient (Wildman–Crippen LogP) is 4.14. The fraction of sp³-hybridized carbons (Fsp3) is 0.571. The van der Waals surface area contributed by atoms with Crippen molar-refractivity contribution in [3.8, 4) is 0 Å². The average Bonchev–Trinajstić information content (AvgIpc) is 2.69. The van der Waals surface area contributed by atoms with E-state index in [2.05, 4.69) is 46.0 Å². The average molecular weight is 280 g/mol. The van der Waals surface area contributed by atoms with Gasteiger partial charge in [-0.05, 0) is 37.5 Å². The first-order valence-electron chi connectivity index (χ1n) is 6.20. The highest BCUT2D eigenvalue weighted by molar-refractivity contribution is 9.10. The first kappa shape index (κ1) is 10.6. The van der Waals surface area contributed by atoms with Gasteiger partial charge in [-0.3, -0.25) is 0 Å². The standard InChI is InChI=1S/C14H18BrN/c1-11-4-5-12(8-13(11)15)16-9-14(10-16)6-2-3-7-14/h4-5,8H,2-3,6-7,9-10H2,1H3. The molecule has 0 unspecified atom stereocenters. The molecule has 1 nitrogen and oxygen atoms in total. The van der Waals surface area contributed by atoms with Crippen LogP contribution in [0.4, 0.5) is 5.69 Å². The second-order valence-corrected chi connectivity index (χ2v) is 6.35. The van der Waals surface area contributed by atoms with Gasteiger partial charge in [0, 0.05) is 28.7 Å². The molecule has 1 aromatic carbocycles. The summed E-state index contributed by atoms with van der Waals surface area (Å²) in [4.78, 5) is 2.52. The summed E-state index contributed by atoms with van der Waals surface area (Å²) in [5.74, 6) is 0. The number of nitrogens with zero attached hydrogens (tertiary/aromatic N) is 1. The van der Waals surface area contributed by atoms with Crippen molar-refractivity contribution in [1.82, 2.24) is 0 Å². The summed E-state index contributed by atoms with van der Waals surface area (Å²) in [7, 11) is 0. The van der Waals surface area contributed by atoms with Crippen LogP contribution >= 0.6 is 15.9 Å². The van der Waals surface area contributed by atoms with E-state index in [1.54, 1.807) is 0 Å². The molecule has 0 aromatic heterocycles. The largest absolute Gasteiger partial charge is 0.370 e. The number of halogens is 1. The summed E-state index contributed by atoms with van der Waals surface area (Å²) >= 11 is 3.62. The van der Waals surface area contributed by atoms with E-state index in [1.165, 1.54) is 54.5 Å². The van der Waals surface area contributed by atoms with Crippen molar-refractivity contribution in [1.29, 1.82) is 0 Å². The lowest BCUT2D eigenvalue weighted by Gasteiger charge is -2.50. The van der Waals surface area contributed by atoms with Gasteiger partial charge in [-0.25, -0.2) is 0 Å². The zero-order chi connectivity index (χ0) is 11.2. The summed E-state index contributed by atoms with van der Waals surface area (Å²) < 4.78 is 1.23.